The number of hydrogen-bond donors (Lipinski definition) is 1. The first-order chi connectivity index (χ1) is 10.4. The van der Waals surface area contributed by atoms with Crippen LogP contribution in [-0.2, 0) is 26.0 Å². The normalized spacial score (nSPS) is 11.2. The van der Waals surface area contributed by atoms with Crippen molar-refractivity contribution in [2.75, 3.05) is 37.4 Å². The van der Waals surface area contributed by atoms with Gasteiger partial charge in [0.1, 0.15) is 0 Å². The van der Waals surface area contributed by atoms with Gasteiger partial charge in [0, 0.05) is 26.6 Å². The highest BCUT2D eigenvalue weighted by atomic mass is 32.2. The number of amides is 1. The van der Waals surface area contributed by atoms with Crippen LogP contribution in [-0.4, -0.2) is 47.4 Å². The first-order valence-corrected chi connectivity index (χ1v) is 9.06. The average molecular weight is 328 g/mol. The van der Waals surface area contributed by atoms with E-state index in [2.05, 4.69) is 5.32 Å². The third-order valence-electron chi connectivity index (χ3n) is 3.21. The standard InChI is InChI=1S/C15H24N2O4S/c1-4-13-7-5-6-8-14(13)17(22(3,19)20)11-9-15(18)16-10-12-21-2/h5-8H,4,9-12H2,1-3H3,(H,16,18). The zero-order valence-electron chi connectivity index (χ0n) is 13.3. The average Bonchev–Trinajstić information content (AvgIpc) is 2.47. The summed E-state index contributed by atoms with van der Waals surface area (Å²) in [5, 5.41) is 2.69. The summed E-state index contributed by atoms with van der Waals surface area (Å²) in [4.78, 5) is 11.7. The van der Waals surface area contributed by atoms with E-state index in [9.17, 15) is 13.2 Å². The minimum Gasteiger partial charge on any atom is -0.383 e. The lowest BCUT2D eigenvalue weighted by atomic mass is 10.1. The van der Waals surface area contributed by atoms with Gasteiger partial charge >= 0.3 is 0 Å². The monoisotopic (exact) mass is 328 g/mol. The van der Waals surface area contributed by atoms with E-state index < -0.39 is 10.0 Å². The van der Waals surface area contributed by atoms with Gasteiger partial charge in [-0.15, -0.1) is 0 Å². The van der Waals surface area contributed by atoms with E-state index in [0.29, 0.717) is 18.8 Å². The van der Waals surface area contributed by atoms with Crippen LogP contribution in [0.2, 0.25) is 0 Å². The molecule has 0 aliphatic heterocycles. The SMILES string of the molecule is CCc1ccccc1N(CCC(=O)NCCOC)S(C)(=O)=O. The molecule has 1 aromatic rings. The summed E-state index contributed by atoms with van der Waals surface area (Å²) >= 11 is 0. The summed E-state index contributed by atoms with van der Waals surface area (Å²) in [5.41, 5.74) is 1.57. The van der Waals surface area contributed by atoms with Crippen LogP contribution in [0.1, 0.15) is 18.9 Å². The number of nitrogens with one attached hydrogen (secondary N) is 1. The number of aryl methyl sites for hydroxylation is 1. The Morgan fingerprint density at radius 1 is 1.32 bits per heavy atom. The van der Waals surface area contributed by atoms with Crippen molar-refractivity contribution in [1.82, 2.24) is 5.32 Å². The van der Waals surface area contributed by atoms with Crippen LogP contribution in [0, 0.1) is 0 Å². The van der Waals surface area contributed by atoms with E-state index >= 15 is 0 Å². The predicted octanol–water partition coefficient (Wildman–Crippen LogP) is 1.17. The lowest BCUT2D eigenvalue weighted by Crippen LogP contribution is -2.35. The van der Waals surface area contributed by atoms with Crippen LogP contribution < -0.4 is 9.62 Å². The van der Waals surface area contributed by atoms with Crippen LogP contribution in [0.4, 0.5) is 5.69 Å². The second kappa shape index (κ2) is 8.75. The van der Waals surface area contributed by atoms with Crippen molar-refractivity contribution in [3.05, 3.63) is 29.8 Å². The van der Waals surface area contributed by atoms with Gasteiger partial charge in [-0.2, -0.15) is 0 Å². The zero-order chi connectivity index (χ0) is 16.6. The molecule has 0 saturated heterocycles. The second-order valence-corrected chi connectivity index (χ2v) is 6.82. The molecule has 0 bridgehead atoms. The fraction of sp³-hybridized carbons (Fsp3) is 0.533. The number of sulfonamides is 1. The summed E-state index contributed by atoms with van der Waals surface area (Å²) in [6.07, 6.45) is 1.99. The molecular formula is C15H24N2O4S. The van der Waals surface area contributed by atoms with Crippen molar-refractivity contribution < 1.29 is 17.9 Å². The van der Waals surface area contributed by atoms with E-state index in [-0.39, 0.29) is 18.9 Å². The summed E-state index contributed by atoms with van der Waals surface area (Å²) in [7, 11) is -1.89. The van der Waals surface area contributed by atoms with E-state index in [1.165, 1.54) is 4.31 Å². The van der Waals surface area contributed by atoms with Gasteiger partial charge in [-0.05, 0) is 18.1 Å². The number of benzene rings is 1. The third-order valence-corrected chi connectivity index (χ3v) is 4.39. The molecule has 0 aliphatic carbocycles. The molecule has 6 nitrogen and oxygen atoms in total. The lowest BCUT2D eigenvalue weighted by molar-refractivity contribution is -0.121. The summed E-state index contributed by atoms with van der Waals surface area (Å²) < 4.78 is 30.2. The molecule has 0 heterocycles. The number of rotatable bonds is 9. The maximum atomic E-state index is 12.0. The Bertz CT molecular complexity index is 587. The number of carbonyl (C=O) groups excluding carboxylic acids is 1. The molecule has 0 unspecified atom stereocenters. The molecule has 1 rings (SSSR count). The highest BCUT2D eigenvalue weighted by Crippen LogP contribution is 2.23. The van der Waals surface area contributed by atoms with Crippen molar-refractivity contribution in [1.29, 1.82) is 0 Å². The predicted molar refractivity (Wildman–Crippen MR) is 87.5 cm³/mol. The minimum atomic E-state index is -3.44. The molecule has 0 aromatic heterocycles. The van der Waals surface area contributed by atoms with Crippen molar-refractivity contribution in [3.63, 3.8) is 0 Å². The van der Waals surface area contributed by atoms with Crippen LogP contribution in [0.3, 0.4) is 0 Å². The maximum Gasteiger partial charge on any atom is 0.232 e. The largest absolute Gasteiger partial charge is 0.383 e. The van der Waals surface area contributed by atoms with Gasteiger partial charge < -0.3 is 10.1 Å². The molecule has 0 aliphatic rings. The van der Waals surface area contributed by atoms with Crippen molar-refractivity contribution in [3.8, 4) is 0 Å². The number of para-hydroxylation sites is 1. The van der Waals surface area contributed by atoms with E-state index in [1.54, 1.807) is 19.2 Å². The summed E-state index contributed by atoms with van der Waals surface area (Å²) in [5.74, 6) is -0.195. The molecule has 0 fully saturated rings. The van der Waals surface area contributed by atoms with Gasteiger partial charge in [-0.25, -0.2) is 8.42 Å². The topological polar surface area (TPSA) is 75.7 Å². The number of ether oxygens (including phenoxy) is 1. The van der Waals surface area contributed by atoms with Gasteiger partial charge in [0.15, 0.2) is 0 Å². The fourth-order valence-corrected chi connectivity index (χ4v) is 3.06. The molecule has 1 amide bonds. The molecule has 0 spiro atoms. The number of nitrogens with zero attached hydrogens (tertiary/aromatic N) is 1. The Kier molecular flexibility index (Phi) is 7.34. The van der Waals surface area contributed by atoms with Crippen LogP contribution in [0.15, 0.2) is 24.3 Å². The lowest BCUT2D eigenvalue weighted by Gasteiger charge is -2.24. The van der Waals surface area contributed by atoms with E-state index in [4.69, 9.17) is 4.74 Å². The minimum absolute atomic E-state index is 0.106. The van der Waals surface area contributed by atoms with Crippen molar-refractivity contribution >= 4 is 21.6 Å². The van der Waals surface area contributed by atoms with Crippen molar-refractivity contribution in [2.45, 2.75) is 19.8 Å². The molecule has 0 saturated carbocycles. The van der Waals surface area contributed by atoms with Gasteiger partial charge in [0.2, 0.25) is 15.9 Å². The van der Waals surface area contributed by atoms with E-state index in [0.717, 1.165) is 18.2 Å². The van der Waals surface area contributed by atoms with Crippen LogP contribution in [0.25, 0.3) is 0 Å². The summed E-state index contributed by atoms with van der Waals surface area (Å²) in [6.45, 7) is 2.94. The first kappa shape index (κ1) is 18.4. The Hall–Kier alpha value is -1.60. The number of methoxy groups -OCH3 is 1. The number of anilines is 1. The van der Waals surface area contributed by atoms with Gasteiger partial charge in [0.05, 0.1) is 18.6 Å². The number of hydrogen-bond acceptors (Lipinski definition) is 4. The van der Waals surface area contributed by atoms with Gasteiger partial charge in [0.25, 0.3) is 0 Å². The quantitative estimate of drug-likeness (QED) is 0.691. The molecule has 7 heteroatoms. The first-order valence-electron chi connectivity index (χ1n) is 7.21. The summed E-state index contributed by atoms with van der Waals surface area (Å²) in [6, 6.07) is 7.33. The smallest absolute Gasteiger partial charge is 0.232 e. The molecule has 22 heavy (non-hydrogen) atoms. The highest BCUT2D eigenvalue weighted by Gasteiger charge is 2.20. The highest BCUT2D eigenvalue weighted by molar-refractivity contribution is 7.92. The second-order valence-electron chi connectivity index (χ2n) is 4.91. The molecule has 0 atom stereocenters. The number of carbonyl (C=O) groups is 1. The maximum absolute atomic E-state index is 12.0. The van der Waals surface area contributed by atoms with E-state index in [1.807, 2.05) is 19.1 Å². The van der Waals surface area contributed by atoms with Crippen LogP contribution in [0.5, 0.6) is 0 Å². The molecule has 124 valence electrons. The van der Waals surface area contributed by atoms with Gasteiger partial charge in [-0.3, -0.25) is 9.10 Å². The zero-order valence-corrected chi connectivity index (χ0v) is 14.1. The molecule has 0 radical (unpaired) electrons. The van der Waals surface area contributed by atoms with Crippen molar-refractivity contribution in [2.24, 2.45) is 0 Å². The van der Waals surface area contributed by atoms with Crippen LogP contribution >= 0.6 is 0 Å². The third kappa shape index (κ3) is 5.65. The fourth-order valence-electron chi connectivity index (χ4n) is 2.10. The molecule has 1 N–H and O–H groups in total. The Morgan fingerprint density at radius 3 is 2.59 bits per heavy atom. The molecular weight excluding hydrogens is 304 g/mol. The Morgan fingerprint density at radius 2 is 2.00 bits per heavy atom. The molecule has 1 aromatic carbocycles. The van der Waals surface area contributed by atoms with Gasteiger partial charge in [-0.1, -0.05) is 25.1 Å². The Balaban J connectivity index is 2.81. The Labute approximate surface area is 132 Å².